The van der Waals surface area contributed by atoms with Gasteiger partial charge in [-0.25, -0.2) is 8.42 Å². The lowest BCUT2D eigenvalue weighted by atomic mass is 9.84. The van der Waals surface area contributed by atoms with E-state index < -0.39 is 10.0 Å². The molecule has 0 spiro atoms. The topological polar surface area (TPSA) is 84.5 Å². The molecule has 150 valence electrons. The monoisotopic (exact) mass is 402 g/mol. The lowest BCUT2D eigenvalue weighted by molar-refractivity contribution is -0.114. The number of hydrogen-bond acceptors (Lipinski definition) is 4. The highest BCUT2D eigenvalue weighted by Gasteiger charge is 2.19. The van der Waals surface area contributed by atoms with Crippen molar-refractivity contribution >= 4 is 27.3 Å². The van der Waals surface area contributed by atoms with Crippen LogP contribution in [0.3, 0.4) is 0 Å². The fourth-order valence-electron chi connectivity index (χ4n) is 3.63. The zero-order valence-electron chi connectivity index (χ0n) is 16.2. The Balaban J connectivity index is 1.82. The second kappa shape index (κ2) is 8.65. The zero-order valence-corrected chi connectivity index (χ0v) is 17.0. The highest BCUT2D eigenvalue weighted by atomic mass is 32.2. The van der Waals surface area contributed by atoms with Gasteiger partial charge in [0.2, 0.25) is 5.91 Å². The summed E-state index contributed by atoms with van der Waals surface area (Å²) in [5.41, 5.74) is 1.95. The van der Waals surface area contributed by atoms with E-state index in [4.69, 9.17) is 4.74 Å². The molecule has 2 N–H and O–H groups in total. The number of nitrogens with one attached hydrogen (secondary N) is 2. The summed E-state index contributed by atoms with van der Waals surface area (Å²) >= 11 is 0. The van der Waals surface area contributed by atoms with Crippen molar-refractivity contribution in [2.45, 2.75) is 49.8 Å². The smallest absolute Gasteiger partial charge is 0.262 e. The molecule has 2 aromatic carbocycles. The molecule has 1 amide bonds. The molecule has 0 aromatic heterocycles. The first-order valence-corrected chi connectivity index (χ1v) is 11.0. The second-order valence-corrected chi connectivity index (χ2v) is 8.79. The molecule has 0 aliphatic heterocycles. The largest absolute Gasteiger partial charge is 0.495 e. The van der Waals surface area contributed by atoms with E-state index in [9.17, 15) is 13.2 Å². The van der Waals surface area contributed by atoms with Crippen molar-refractivity contribution in [2.24, 2.45) is 0 Å². The molecule has 2 aromatic rings. The average Bonchev–Trinajstić information content (AvgIpc) is 2.68. The van der Waals surface area contributed by atoms with Crippen LogP contribution in [0.15, 0.2) is 47.4 Å². The Morgan fingerprint density at radius 3 is 2.32 bits per heavy atom. The first-order valence-electron chi connectivity index (χ1n) is 9.47. The van der Waals surface area contributed by atoms with Crippen molar-refractivity contribution in [2.75, 3.05) is 17.1 Å². The van der Waals surface area contributed by atoms with Gasteiger partial charge in [-0.15, -0.1) is 0 Å². The van der Waals surface area contributed by atoms with Gasteiger partial charge < -0.3 is 10.1 Å². The molecular formula is C21H26N2O4S. The van der Waals surface area contributed by atoms with Crippen molar-refractivity contribution in [3.8, 4) is 5.75 Å². The van der Waals surface area contributed by atoms with Gasteiger partial charge in [0.25, 0.3) is 10.0 Å². The first-order chi connectivity index (χ1) is 13.4. The maximum Gasteiger partial charge on any atom is 0.262 e. The molecule has 0 bridgehead atoms. The van der Waals surface area contributed by atoms with Crippen molar-refractivity contribution in [1.82, 2.24) is 0 Å². The normalized spacial score (nSPS) is 15.1. The van der Waals surface area contributed by atoms with Crippen molar-refractivity contribution in [3.05, 3.63) is 48.0 Å². The van der Waals surface area contributed by atoms with Crippen LogP contribution < -0.4 is 14.8 Å². The number of ether oxygens (including phenoxy) is 1. The van der Waals surface area contributed by atoms with Gasteiger partial charge in [-0.3, -0.25) is 9.52 Å². The zero-order chi connectivity index (χ0) is 20.1. The number of amides is 1. The first kappa shape index (κ1) is 20.2. The lowest BCUT2D eigenvalue weighted by Gasteiger charge is -2.22. The van der Waals surface area contributed by atoms with Crippen LogP contribution in [-0.2, 0) is 14.8 Å². The summed E-state index contributed by atoms with van der Waals surface area (Å²) in [6.45, 7) is 1.39. The van der Waals surface area contributed by atoms with E-state index in [0.717, 1.165) is 12.8 Å². The van der Waals surface area contributed by atoms with Crippen LogP contribution in [0.2, 0.25) is 0 Å². The molecule has 3 rings (SSSR count). The van der Waals surface area contributed by atoms with Crippen molar-refractivity contribution < 1.29 is 17.9 Å². The Labute approximate surface area is 166 Å². The summed E-state index contributed by atoms with van der Waals surface area (Å²) in [5.74, 6) is 0.654. The molecule has 6 nitrogen and oxygen atoms in total. The fraction of sp³-hybridized carbons (Fsp3) is 0.381. The van der Waals surface area contributed by atoms with Crippen LogP contribution in [0.1, 0.15) is 50.5 Å². The SMILES string of the molecule is COc1ccc(NC(C)=O)cc1NS(=O)(=O)c1ccc(C2CCCCC2)cc1. The molecule has 0 unspecified atom stereocenters. The maximum atomic E-state index is 12.8. The Morgan fingerprint density at radius 2 is 1.71 bits per heavy atom. The summed E-state index contributed by atoms with van der Waals surface area (Å²) in [4.78, 5) is 11.5. The summed E-state index contributed by atoms with van der Waals surface area (Å²) in [6.07, 6.45) is 6.08. The van der Waals surface area contributed by atoms with E-state index in [0.29, 0.717) is 17.4 Å². The predicted molar refractivity (Wildman–Crippen MR) is 110 cm³/mol. The number of carbonyl (C=O) groups is 1. The number of sulfonamides is 1. The molecule has 1 saturated carbocycles. The molecule has 0 atom stereocenters. The van der Waals surface area contributed by atoms with Gasteiger partial charge in [-0.2, -0.15) is 0 Å². The minimum Gasteiger partial charge on any atom is -0.495 e. The Bertz CT molecular complexity index is 933. The van der Waals surface area contributed by atoms with E-state index in [-0.39, 0.29) is 16.5 Å². The van der Waals surface area contributed by atoms with Gasteiger partial charge in [-0.1, -0.05) is 31.4 Å². The number of hydrogen-bond donors (Lipinski definition) is 2. The third-order valence-electron chi connectivity index (χ3n) is 5.03. The van der Waals surface area contributed by atoms with E-state index in [1.54, 1.807) is 24.3 Å². The van der Waals surface area contributed by atoms with E-state index in [1.807, 2.05) is 12.1 Å². The van der Waals surface area contributed by atoms with E-state index >= 15 is 0 Å². The molecule has 0 saturated heterocycles. The fourth-order valence-corrected chi connectivity index (χ4v) is 4.69. The predicted octanol–water partition coefficient (Wildman–Crippen LogP) is 4.50. The van der Waals surface area contributed by atoms with Crippen molar-refractivity contribution in [3.63, 3.8) is 0 Å². The quantitative estimate of drug-likeness (QED) is 0.745. The molecular weight excluding hydrogens is 376 g/mol. The van der Waals surface area contributed by atoms with Gasteiger partial charge in [0, 0.05) is 12.6 Å². The Morgan fingerprint density at radius 1 is 1.04 bits per heavy atom. The third kappa shape index (κ3) is 4.84. The minimum absolute atomic E-state index is 0.194. The van der Waals surface area contributed by atoms with Gasteiger partial charge >= 0.3 is 0 Å². The summed E-state index contributed by atoms with van der Waals surface area (Å²) in [6, 6.07) is 11.9. The molecule has 0 heterocycles. The minimum atomic E-state index is -3.78. The van der Waals surface area contributed by atoms with Crippen LogP contribution in [0.25, 0.3) is 0 Å². The molecule has 0 radical (unpaired) electrons. The van der Waals surface area contributed by atoms with E-state index in [2.05, 4.69) is 10.0 Å². The number of rotatable bonds is 6. The number of carbonyl (C=O) groups excluding carboxylic acids is 1. The molecule has 7 heteroatoms. The molecule has 28 heavy (non-hydrogen) atoms. The number of benzene rings is 2. The third-order valence-corrected chi connectivity index (χ3v) is 6.41. The molecule has 1 aliphatic carbocycles. The highest BCUT2D eigenvalue weighted by molar-refractivity contribution is 7.92. The maximum absolute atomic E-state index is 12.8. The van der Waals surface area contributed by atoms with Gasteiger partial charge in [0.05, 0.1) is 17.7 Å². The lowest BCUT2D eigenvalue weighted by Crippen LogP contribution is -2.14. The summed E-state index contributed by atoms with van der Waals surface area (Å²) in [5, 5.41) is 2.64. The molecule has 1 fully saturated rings. The van der Waals surface area contributed by atoms with Gasteiger partial charge in [-0.05, 0) is 54.7 Å². The van der Waals surface area contributed by atoms with Crippen LogP contribution in [-0.4, -0.2) is 21.4 Å². The van der Waals surface area contributed by atoms with Crippen LogP contribution >= 0.6 is 0 Å². The van der Waals surface area contributed by atoms with Crippen LogP contribution in [0, 0.1) is 0 Å². The number of anilines is 2. The number of methoxy groups -OCH3 is 1. The molecule has 1 aliphatic rings. The Hall–Kier alpha value is -2.54. The Kier molecular flexibility index (Phi) is 6.24. The van der Waals surface area contributed by atoms with Crippen molar-refractivity contribution in [1.29, 1.82) is 0 Å². The van der Waals surface area contributed by atoms with Crippen LogP contribution in [0.5, 0.6) is 5.75 Å². The summed E-state index contributed by atoms with van der Waals surface area (Å²) < 4.78 is 33.5. The van der Waals surface area contributed by atoms with Gasteiger partial charge in [0.1, 0.15) is 5.75 Å². The van der Waals surface area contributed by atoms with Crippen LogP contribution in [0.4, 0.5) is 11.4 Å². The standard InChI is InChI=1S/C21H26N2O4S/c1-15(24)22-18-10-13-21(27-2)20(14-18)23-28(25,26)19-11-8-17(9-12-19)16-6-4-3-5-7-16/h8-14,16,23H,3-7H2,1-2H3,(H,22,24). The van der Waals surface area contributed by atoms with E-state index in [1.165, 1.54) is 44.9 Å². The second-order valence-electron chi connectivity index (χ2n) is 7.11. The summed E-state index contributed by atoms with van der Waals surface area (Å²) in [7, 11) is -2.32. The van der Waals surface area contributed by atoms with Gasteiger partial charge in [0.15, 0.2) is 0 Å². The average molecular weight is 403 g/mol. The highest BCUT2D eigenvalue weighted by Crippen LogP contribution is 2.34.